The van der Waals surface area contributed by atoms with Crippen LogP contribution in [0.4, 0.5) is 10.1 Å². The number of nitrogens with one attached hydrogen (secondary N) is 1. The summed E-state index contributed by atoms with van der Waals surface area (Å²) in [5.41, 5.74) is 1.20. The van der Waals surface area contributed by atoms with Crippen LogP contribution in [0.3, 0.4) is 0 Å². The number of aryl methyl sites for hydroxylation is 1. The van der Waals surface area contributed by atoms with E-state index < -0.39 is 5.82 Å². The standard InChI is InChI=1S/C24H19FN4O2S/c1-29-14-13-27-24(29)32-20-8-6-18(7-9-20)28-23(30)11-5-17-4-10-22(21(25)15-17)31-19-3-2-12-26-16-19/h2-16H,1H3,(H,28,30)/b11-5+. The lowest BCUT2D eigenvalue weighted by atomic mass is 10.2. The Kier molecular flexibility index (Phi) is 6.62. The molecular weight excluding hydrogens is 427 g/mol. The normalized spacial score (nSPS) is 10.9. The van der Waals surface area contributed by atoms with Gasteiger partial charge < -0.3 is 14.6 Å². The molecule has 0 saturated heterocycles. The maximum absolute atomic E-state index is 14.3. The zero-order valence-electron chi connectivity index (χ0n) is 17.1. The number of ether oxygens (including phenoxy) is 1. The highest BCUT2D eigenvalue weighted by Crippen LogP contribution is 2.27. The number of hydrogen-bond acceptors (Lipinski definition) is 5. The number of aromatic nitrogens is 3. The van der Waals surface area contributed by atoms with Gasteiger partial charge in [0.15, 0.2) is 16.7 Å². The van der Waals surface area contributed by atoms with E-state index in [1.54, 1.807) is 30.6 Å². The van der Waals surface area contributed by atoms with E-state index in [1.165, 1.54) is 42.2 Å². The molecule has 6 nitrogen and oxygen atoms in total. The van der Waals surface area contributed by atoms with Crippen LogP contribution in [-0.2, 0) is 11.8 Å². The van der Waals surface area contributed by atoms with Crippen LogP contribution in [0.15, 0.2) is 95.5 Å². The fourth-order valence-corrected chi connectivity index (χ4v) is 3.56. The minimum absolute atomic E-state index is 0.0862. The van der Waals surface area contributed by atoms with Gasteiger partial charge in [-0.3, -0.25) is 9.78 Å². The zero-order chi connectivity index (χ0) is 22.3. The smallest absolute Gasteiger partial charge is 0.248 e. The van der Waals surface area contributed by atoms with Crippen molar-refractivity contribution in [3.05, 3.63) is 96.8 Å². The second kappa shape index (κ2) is 9.93. The Hall–Kier alpha value is -3.91. The number of anilines is 1. The lowest BCUT2D eigenvalue weighted by Crippen LogP contribution is -2.07. The van der Waals surface area contributed by atoms with E-state index in [9.17, 15) is 9.18 Å². The van der Waals surface area contributed by atoms with E-state index in [0.29, 0.717) is 17.0 Å². The summed E-state index contributed by atoms with van der Waals surface area (Å²) in [5, 5.41) is 3.67. The Morgan fingerprint density at radius 3 is 2.69 bits per heavy atom. The second-order valence-electron chi connectivity index (χ2n) is 6.75. The fraction of sp³-hybridized carbons (Fsp3) is 0.0417. The van der Waals surface area contributed by atoms with Crippen molar-refractivity contribution >= 4 is 29.4 Å². The van der Waals surface area contributed by atoms with Crippen molar-refractivity contribution < 1.29 is 13.9 Å². The summed E-state index contributed by atoms with van der Waals surface area (Å²) in [6.45, 7) is 0. The van der Waals surface area contributed by atoms with Crippen molar-refractivity contribution in [1.29, 1.82) is 0 Å². The van der Waals surface area contributed by atoms with Gasteiger partial charge in [0.05, 0.1) is 6.20 Å². The first kappa shape index (κ1) is 21.3. The molecule has 4 aromatic rings. The minimum Gasteiger partial charge on any atom is -0.453 e. The van der Waals surface area contributed by atoms with Gasteiger partial charge in [-0.25, -0.2) is 9.37 Å². The van der Waals surface area contributed by atoms with Gasteiger partial charge in [0.2, 0.25) is 5.91 Å². The van der Waals surface area contributed by atoms with Gasteiger partial charge in [-0.05, 0) is 60.2 Å². The van der Waals surface area contributed by atoms with Gasteiger partial charge in [0.1, 0.15) is 5.75 Å². The Labute approximate surface area is 188 Å². The Bertz CT molecular complexity index is 1240. The number of imidazole rings is 1. The number of rotatable bonds is 7. The first-order chi connectivity index (χ1) is 15.6. The molecule has 1 N–H and O–H groups in total. The molecule has 0 aliphatic heterocycles. The van der Waals surface area contributed by atoms with Crippen molar-refractivity contribution in [1.82, 2.24) is 14.5 Å². The highest BCUT2D eigenvalue weighted by molar-refractivity contribution is 7.99. The van der Waals surface area contributed by atoms with Crippen LogP contribution in [0.5, 0.6) is 11.5 Å². The Balaban J connectivity index is 1.34. The molecule has 0 unspecified atom stereocenters. The molecule has 0 fully saturated rings. The fourth-order valence-electron chi connectivity index (χ4n) is 2.76. The molecule has 32 heavy (non-hydrogen) atoms. The Morgan fingerprint density at radius 1 is 1.16 bits per heavy atom. The maximum Gasteiger partial charge on any atom is 0.248 e. The summed E-state index contributed by atoms with van der Waals surface area (Å²) in [5.74, 6) is -0.315. The topological polar surface area (TPSA) is 69.0 Å². The van der Waals surface area contributed by atoms with E-state index in [4.69, 9.17) is 4.74 Å². The molecule has 8 heteroatoms. The van der Waals surface area contributed by atoms with Gasteiger partial charge in [-0.15, -0.1) is 0 Å². The summed E-state index contributed by atoms with van der Waals surface area (Å²) in [4.78, 5) is 21.4. The van der Waals surface area contributed by atoms with Crippen LogP contribution in [0.2, 0.25) is 0 Å². The lowest BCUT2D eigenvalue weighted by molar-refractivity contribution is -0.111. The van der Waals surface area contributed by atoms with Gasteiger partial charge in [0.25, 0.3) is 0 Å². The predicted octanol–water partition coefficient (Wildman–Crippen LogP) is 5.55. The number of halogens is 1. The number of carbonyl (C=O) groups excluding carboxylic acids is 1. The van der Waals surface area contributed by atoms with Crippen molar-refractivity contribution in [2.75, 3.05) is 5.32 Å². The molecule has 2 heterocycles. The van der Waals surface area contributed by atoms with Crippen molar-refractivity contribution in [3.8, 4) is 11.5 Å². The average molecular weight is 447 g/mol. The Morgan fingerprint density at radius 2 is 2.00 bits per heavy atom. The summed E-state index contributed by atoms with van der Waals surface area (Å²) in [7, 11) is 1.93. The zero-order valence-corrected chi connectivity index (χ0v) is 17.9. The third-order valence-electron chi connectivity index (χ3n) is 4.35. The molecule has 0 spiro atoms. The average Bonchev–Trinajstić information content (AvgIpc) is 3.20. The monoisotopic (exact) mass is 446 g/mol. The highest BCUT2D eigenvalue weighted by atomic mass is 32.2. The molecule has 0 atom stereocenters. The van der Waals surface area contributed by atoms with Crippen LogP contribution in [0, 0.1) is 5.82 Å². The van der Waals surface area contributed by atoms with Gasteiger partial charge >= 0.3 is 0 Å². The predicted molar refractivity (Wildman–Crippen MR) is 122 cm³/mol. The van der Waals surface area contributed by atoms with E-state index >= 15 is 0 Å². The van der Waals surface area contributed by atoms with Crippen molar-refractivity contribution in [2.45, 2.75) is 10.1 Å². The summed E-state index contributed by atoms with van der Waals surface area (Å²) in [6.07, 6.45) is 9.64. The highest BCUT2D eigenvalue weighted by Gasteiger charge is 2.06. The van der Waals surface area contributed by atoms with Gasteiger partial charge in [-0.2, -0.15) is 0 Å². The van der Waals surface area contributed by atoms with Crippen molar-refractivity contribution in [3.63, 3.8) is 0 Å². The quantitative estimate of drug-likeness (QED) is 0.377. The van der Waals surface area contributed by atoms with Gasteiger partial charge in [-0.1, -0.05) is 17.8 Å². The number of pyridine rings is 1. The summed E-state index contributed by atoms with van der Waals surface area (Å²) in [6, 6.07) is 15.3. The SMILES string of the molecule is Cn1ccnc1Sc1ccc(NC(=O)/C=C/c2ccc(Oc3cccnc3)c(F)c2)cc1. The molecule has 0 aliphatic carbocycles. The first-order valence-corrected chi connectivity index (χ1v) is 10.5. The lowest BCUT2D eigenvalue weighted by Gasteiger charge is -2.07. The first-order valence-electron chi connectivity index (χ1n) is 9.68. The van der Waals surface area contributed by atoms with Gasteiger partial charge in [0, 0.05) is 42.3 Å². The van der Waals surface area contributed by atoms with Crippen LogP contribution in [0.25, 0.3) is 6.08 Å². The van der Waals surface area contributed by atoms with Crippen LogP contribution in [0.1, 0.15) is 5.56 Å². The number of benzene rings is 2. The number of hydrogen-bond donors (Lipinski definition) is 1. The van der Waals surface area contributed by atoms with E-state index in [1.807, 2.05) is 42.1 Å². The largest absolute Gasteiger partial charge is 0.453 e. The third kappa shape index (κ3) is 5.61. The molecule has 0 bridgehead atoms. The van der Waals surface area contributed by atoms with Crippen LogP contribution in [-0.4, -0.2) is 20.4 Å². The van der Waals surface area contributed by atoms with Crippen LogP contribution < -0.4 is 10.1 Å². The van der Waals surface area contributed by atoms with Crippen molar-refractivity contribution in [2.24, 2.45) is 7.05 Å². The van der Waals surface area contributed by atoms with E-state index in [0.717, 1.165) is 10.1 Å². The minimum atomic E-state index is -0.530. The third-order valence-corrected chi connectivity index (χ3v) is 5.44. The molecule has 1 amide bonds. The molecule has 160 valence electrons. The van der Waals surface area contributed by atoms with E-state index in [-0.39, 0.29) is 11.7 Å². The molecule has 2 aromatic heterocycles. The van der Waals surface area contributed by atoms with Crippen LogP contribution >= 0.6 is 11.8 Å². The molecule has 2 aromatic carbocycles. The molecule has 0 saturated carbocycles. The molecule has 4 rings (SSSR count). The maximum atomic E-state index is 14.3. The summed E-state index contributed by atoms with van der Waals surface area (Å²) < 4.78 is 21.7. The molecular formula is C24H19FN4O2S. The molecule has 0 aliphatic rings. The second-order valence-corrected chi connectivity index (χ2v) is 7.79. The summed E-state index contributed by atoms with van der Waals surface area (Å²) >= 11 is 1.53. The number of nitrogens with zero attached hydrogens (tertiary/aromatic N) is 3. The number of amides is 1. The number of carbonyl (C=O) groups is 1. The van der Waals surface area contributed by atoms with E-state index in [2.05, 4.69) is 15.3 Å². The molecule has 0 radical (unpaired) electrons.